The molecule has 1 aromatic carbocycles. The van der Waals surface area contributed by atoms with Gasteiger partial charge in [0, 0.05) is 13.1 Å². The Balaban J connectivity index is 2.93. The largest absolute Gasteiger partial charge is 0.469 e. The van der Waals surface area contributed by atoms with Crippen molar-refractivity contribution >= 4 is 11.7 Å². The number of methoxy groups -OCH3 is 1. The number of rotatable bonds is 5. The molecule has 0 radical (unpaired) electrons. The quantitative estimate of drug-likeness (QED) is 0.756. The monoisotopic (exact) mass is 253 g/mol. The van der Waals surface area contributed by atoms with Crippen LogP contribution < -0.4 is 4.90 Å². The average molecular weight is 253 g/mol. The van der Waals surface area contributed by atoms with Crippen molar-refractivity contribution in [3.63, 3.8) is 0 Å². The highest BCUT2D eigenvalue weighted by Gasteiger charge is 2.31. The summed E-state index contributed by atoms with van der Waals surface area (Å²) < 4.78 is 18.5. The lowest BCUT2D eigenvalue weighted by atomic mass is 9.92. The number of anilines is 1. The van der Waals surface area contributed by atoms with Crippen molar-refractivity contribution in [3.8, 4) is 0 Å². The molecule has 0 fully saturated rings. The predicted molar refractivity (Wildman–Crippen MR) is 70.1 cm³/mol. The second-order valence-electron chi connectivity index (χ2n) is 4.84. The van der Waals surface area contributed by atoms with E-state index in [-0.39, 0.29) is 11.8 Å². The van der Waals surface area contributed by atoms with Crippen molar-refractivity contribution in [3.05, 3.63) is 30.1 Å². The fourth-order valence-electron chi connectivity index (χ4n) is 1.89. The Kier molecular flexibility index (Phi) is 4.70. The molecule has 100 valence electrons. The van der Waals surface area contributed by atoms with Crippen LogP contribution in [0.1, 0.15) is 20.8 Å². The molecule has 0 atom stereocenters. The van der Waals surface area contributed by atoms with Crippen molar-refractivity contribution in [2.45, 2.75) is 20.8 Å². The number of ether oxygens (including phenoxy) is 1. The molecular weight excluding hydrogens is 233 g/mol. The number of benzene rings is 1. The highest BCUT2D eigenvalue weighted by molar-refractivity contribution is 5.76. The molecule has 0 bridgehead atoms. The van der Waals surface area contributed by atoms with Gasteiger partial charge in [-0.25, -0.2) is 4.39 Å². The Labute approximate surface area is 108 Å². The van der Waals surface area contributed by atoms with E-state index in [1.165, 1.54) is 13.2 Å². The molecule has 18 heavy (non-hydrogen) atoms. The third-order valence-electron chi connectivity index (χ3n) is 2.90. The number of carbonyl (C=O) groups is 1. The summed E-state index contributed by atoms with van der Waals surface area (Å²) in [5.41, 5.74) is -0.162. The highest BCUT2D eigenvalue weighted by Crippen LogP contribution is 2.25. The Morgan fingerprint density at radius 1 is 1.39 bits per heavy atom. The molecule has 0 heterocycles. The molecule has 3 nitrogen and oxygen atoms in total. The van der Waals surface area contributed by atoms with Crippen molar-refractivity contribution < 1.29 is 13.9 Å². The highest BCUT2D eigenvalue weighted by atomic mass is 19.1. The standard InChI is InChI=1S/C14H20FNO2/c1-5-16(10-14(2,3)13(17)18-4)12-9-7-6-8-11(12)15/h6-9H,5,10H2,1-4H3. The van der Waals surface area contributed by atoms with E-state index < -0.39 is 5.41 Å². The Hall–Kier alpha value is -1.58. The predicted octanol–water partition coefficient (Wildman–Crippen LogP) is 2.85. The summed E-state index contributed by atoms with van der Waals surface area (Å²) in [6.45, 7) is 6.56. The summed E-state index contributed by atoms with van der Waals surface area (Å²) in [7, 11) is 1.36. The van der Waals surface area contributed by atoms with Crippen molar-refractivity contribution in [2.24, 2.45) is 5.41 Å². The maximum absolute atomic E-state index is 13.7. The van der Waals surface area contributed by atoms with Gasteiger partial charge in [-0.1, -0.05) is 12.1 Å². The van der Waals surface area contributed by atoms with Crippen molar-refractivity contribution in [1.82, 2.24) is 0 Å². The smallest absolute Gasteiger partial charge is 0.313 e. The third kappa shape index (κ3) is 3.22. The Morgan fingerprint density at radius 2 is 2.00 bits per heavy atom. The maximum Gasteiger partial charge on any atom is 0.313 e. The summed E-state index contributed by atoms with van der Waals surface area (Å²) >= 11 is 0. The Bertz CT molecular complexity index is 418. The molecule has 0 N–H and O–H groups in total. The van der Waals surface area contributed by atoms with E-state index in [4.69, 9.17) is 4.74 Å². The molecule has 4 heteroatoms. The van der Waals surface area contributed by atoms with Crippen LogP contribution in [-0.2, 0) is 9.53 Å². The van der Waals surface area contributed by atoms with Gasteiger partial charge in [-0.2, -0.15) is 0 Å². The minimum Gasteiger partial charge on any atom is -0.469 e. The van der Waals surface area contributed by atoms with Gasteiger partial charge in [0.1, 0.15) is 5.82 Å². The molecule has 0 amide bonds. The zero-order valence-electron chi connectivity index (χ0n) is 11.4. The maximum atomic E-state index is 13.7. The van der Waals surface area contributed by atoms with Gasteiger partial charge in [0.25, 0.3) is 0 Å². The van der Waals surface area contributed by atoms with Gasteiger partial charge in [0.15, 0.2) is 0 Å². The zero-order chi connectivity index (χ0) is 13.8. The van der Waals surface area contributed by atoms with E-state index in [2.05, 4.69) is 0 Å². The molecule has 1 aromatic rings. The zero-order valence-corrected chi connectivity index (χ0v) is 11.4. The first-order chi connectivity index (χ1) is 8.42. The summed E-state index contributed by atoms with van der Waals surface area (Å²) in [6.07, 6.45) is 0. The van der Waals surface area contributed by atoms with Crippen LogP contribution >= 0.6 is 0 Å². The van der Waals surface area contributed by atoms with Gasteiger partial charge in [-0.15, -0.1) is 0 Å². The Morgan fingerprint density at radius 3 is 2.50 bits per heavy atom. The lowest BCUT2D eigenvalue weighted by molar-refractivity contribution is -0.150. The van der Waals surface area contributed by atoms with Crippen molar-refractivity contribution in [2.75, 3.05) is 25.1 Å². The first-order valence-electron chi connectivity index (χ1n) is 6.00. The van der Waals surface area contributed by atoms with Gasteiger partial charge in [0.05, 0.1) is 18.2 Å². The minimum absolute atomic E-state index is 0.278. The van der Waals surface area contributed by atoms with E-state index in [9.17, 15) is 9.18 Å². The van der Waals surface area contributed by atoms with Crippen LogP contribution in [-0.4, -0.2) is 26.2 Å². The fourth-order valence-corrected chi connectivity index (χ4v) is 1.89. The molecule has 0 aliphatic heterocycles. The molecular formula is C14H20FNO2. The van der Waals surface area contributed by atoms with E-state index in [0.717, 1.165) is 0 Å². The summed E-state index contributed by atoms with van der Waals surface area (Å²) in [6, 6.07) is 6.57. The molecule has 1 rings (SSSR count). The van der Waals surface area contributed by atoms with Crippen LogP contribution in [0.3, 0.4) is 0 Å². The van der Waals surface area contributed by atoms with Crippen LogP contribution in [0.4, 0.5) is 10.1 Å². The van der Waals surface area contributed by atoms with Gasteiger partial charge in [-0.05, 0) is 32.9 Å². The van der Waals surface area contributed by atoms with Gasteiger partial charge in [0.2, 0.25) is 0 Å². The molecule has 0 saturated carbocycles. The second-order valence-corrected chi connectivity index (χ2v) is 4.84. The number of hydrogen-bond donors (Lipinski definition) is 0. The minimum atomic E-state index is -0.674. The second kappa shape index (κ2) is 5.85. The third-order valence-corrected chi connectivity index (χ3v) is 2.90. The van der Waals surface area contributed by atoms with Crippen LogP contribution in [0.25, 0.3) is 0 Å². The van der Waals surface area contributed by atoms with E-state index in [1.54, 1.807) is 32.0 Å². The van der Waals surface area contributed by atoms with E-state index in [0.29, 0.717) is 18.8 Å². The van der Waals surface area contributed by atoms with Gasteiger partial charge in [-0.3, -0.25) is 4.79 Å². The summed E-state index contributed by atoms with van der Waals surface area (Å²) in [5.74, 6) is -0.572. The van der Waals surface area contributed by atoms with Crippen LogP contribution in [0, 0.1) is 11.2 Å². The van der Waals surface area contributed by atoms with E-state index in [1.807, 2.05) is 11.8 Å². The summed E-state index contributed by atoms with van der Waals surface area (Å²) in [5, 5.41) is 0. The number of esters is 1. The lowest BCUT2D eigenvalue weighted by Crippen LogP contribution is -2.40. The molecule has 0 spiro atoms. The molecule has 0 aliphatic carbocycles. The summed E-state index contributed by atoms with van der Waals surface area (Å²) in [4.78, 5) is 13.5. The van der Waals surface area contributed by atoms with Crippen molar-refractivity contribution in [1.29, 1.82) is 0 Å². The number of para-hydroxylation sites is 1. The van der Waals surface area contributed by atoms with Gasteiger partial charge >= 0.3 is 5.97 Å². The van der Waals surface area contributed by atoms with Gasteiger partial charge < -0.3 is 9.64 Å². The first-order valence-corrected chi connectivity index (χ1v) is 6.00. The molecule has 0 aliphatic rings. The number of halogens is 1. The molecule has 0 aromatic heterocycles. The average Bonchev–Trinajstić information content (AvgIpc) is 2.35. The van der Waals surface area contributed by atoms with E-state index >= 15 is 0 Å². The van der Waals surface area contributed by atoms with Crippen LogP contribution in [0.5, 0.6) is 0 Å². The van der Waals surface area contributed by atoms with Crippen LogP contribution in [0.15, 0.2) is 24.3 Å². The SMILES string of the molecule is CCN(CC(C)(C)C(=O)OC)c1ccccc1F. The first kappa shape index (κ1) is 14.5. The van der Waals surface area contributed by atoms with Crippen LogP contribution in [0.2, 0.25) is 0 Å². The number of carbonyl (C=O) groups excluding carboxylic acids is 1. The fraction of sp³-hybridized carbons (Fsp3) is 0.500. The molecule has 0 saturated heterocycles. The molecule has 0 unspecified atom stereocenters. The number of nitrogens with zero attached hydrogens (tertiary/aromatic N) is 1. The normalized spacial score (nSPS) is 11.2. The lowest BCUT2D eigenvalue weighted by Gasteiger charge is -2.31. The number of hydrogen-bond acceptors (Lipinski definition) is 3. The topological polar surface area (TPSA) is 29.5 Å².